The summed E-state index contributed by atoms with van der Waals surface area (Å²) in [5.74, 6) is -4.41. The van der Waals surface area contributed by atoms with Gasteiger partial charge in [-0.05, 0) is 171 Å². The zero-order valence-corrected chi connectivity index (χ0v) is 70.5. The van der Waals surface area contributed by atoms with E-state index < -0.39 is 97.5 Å². The van der Waals surface area contributed by atoms with Crippen molar-refractivity contribution in [3.8, 4) is 17.2 Å². The Morgan fingerprint density at radius 2 is 0.699 bits per heavy atom. The van der Waals surface area contributed by atoms with E-state index in [1.807, 2.05) is 24.3 Å². The summed E-state index contributed by atoms with van der Waals surface area (Å²) >= 11 is 0. The highest BCUT2D eigenvalue weighted by Crippen LogP contribution is 2.42. The predicted octanol–water partition coefficient (Wildman–Crippen LogP) is 21.4. The second-order valence-electron chi connectivity index (χ2n) is 25.6. The second kappa shape index (κ2) is 45.6. The van der Waals surface area contributed by atoms with Gasteiger partial charge in [-0.2, -0.15) is 13.2 Å². The number of benzene rings is 13. The summed E-state index contributed by atoms with van der Waals surface area (Å²) in [6.45, 7) is 13.7. The number of alkyl halides is 4. The van der Waals surface area contributed by atoms with Crippen LogP contribution in [0.1, 0.15) is 43.0 Å². The Labute approximate surface area is 717 Å². The molecule has 20 nitrogen and oxygen atoms in total. The normalized spacial score (nSPS) is 11.5. The molecule has 0 bridgehead atoms. The number of hydrogen-bond donors (Lipinski definition) is 2. The Hall–Kier alpha value is -13.0. The van der Waals surface area contributed by atoms with Crippen molar-refractivity contribution >= 4 is 92.4 Å². The molecule has 0 heterocycles. The molecule has 0 spiro atoms. The largest absolute Gasteiger partial charge is 0.745 e. The SMILES string of the molecule is C=C(C)C(=O)Oc1cc(C(F)(F)F)c(S(=O)(=O)[O-])cc1NN=O.C=C(C)C(=O)Oc1cc(F)c(S(=O)(=O)[O-])cc1NN=O.C=Cc1ccc(COc2ccc(C(C)(F)S(=O)(=O)[O-])cc2)cc1.c1ccc([S+](c2ccccc2)c2ccccc2)cc1.c1ccc([S+](c2ccccc2)c2ccccc2)cc1.c1ccc([S+](c2ccccc2)c2ccccc2)cc1. The molecule has 0 fully saturated rings. The van der Waals surface area contributed by atoms with Gasteiger partial charge in [0, 0.05) is 22.8 Å². The van der Waals surface area contributed by atoms with Crippen molar-refractivity contribution in [2.45, 2.75) is 92.4 Å². The van der Waals surface area contributed by atoms with E-state index in [0.717, 1.165) is 18.1 Å². The summed E-state index contributed by atoms with van der Waals surface area (Å²) < 4.78 is 179. The molecule has 1 unspecified atom stereocenters. The van der Waals surface area contributed by atoms with Crippen LogP contribution < -0.4 is 25.1 Å². The molecule has 0 saturated heterocycles. The standard InChI is InChI=1S/3C18H15S.C17H17FO4S.C11H9F3N2O6S.C10H9FN2O6S/c3*1-4-10-16(11-5-1)19(17-12-6-2-7-13-17)18-14-8-3-9-15-18;1-3-13-4-6-14(7-5-13)12-22-16-10-8-15(9-11-16)17(2,18)23(19,20)21;1-5(2)10(17)22-8-3-6(11(12,13)14)9(23(19,20)21)4-7(8)15-16-18;1-5(2)10(14)19-8-3-6(11)9(20(16,17)18)4-7(8)12-13-15/h3*1-15H;3-11H,1,12H2,2H3,(H,19,20,21);3-4H,1H2,2H3,(H,15,18)(H,19,20,21);3-4H,1H2,2H3,(H,12,15)(H,16,17,18)/q3*+1;;;/p-3. The molecule has 13 aromatic carbocycles. The zero-order valence-electron chi connectivity index (χ0n) is 65.6. The number of nitroso groups, excluding NO2 is 2. The van der Waals surface area contributed by atoms with Gasteiger partial charge in [0.25, 0.3) is 0 Å². The monoisotopic (exact) mass is 1780 g/mol. The topological polar surface area (TPSA) is 316 Å². The van der Waals surface area contributed by atoms with Crippen molar-refractivity contribution in [3.63, 3.8) is 0 Å². The highest BCUT2D eigenvalue weighted by atomic mass is 32.2. The van der Waals surface area contributed by atoms with Gasteiger partial charge in [-0.1, -0.05) is 226 Å². The van der Waals surface area contributed by atoms with Gasteiger partial charge in [0.15, 0.2) is 55.6 Å². The Kier molecular flexibility index (Phi) is 35.4. The van der Waals surface area contributed by atoms with Crippen LogP contribution in [-0.2, 0) is 90.4 Å². The number of carbonyl (C=O) groups is 2. The average Bonchev–Trinajstić information content (AvgIpc) is 0.779. The fraction of sp³-hybridized carbons (Fsp3) is 0.0652. The molecule has 0 radical (unpaired) electrons. The number of ether oxygens (including phenoxy) is 3. The number of carbonyl (C=O) groups excluding carboxylic acids is 2. The average molecular weight is 1780 g/mol. The van der Waals surface area contributed by atoms with Crippen LogP contribution in [0, 0.1) is 15.6 Å². The maximum Gasteiger partial charge on any atom is 0.417 e. The van der Waals surface area contributed by atoms with Crippen molar-refractivity contribution in [1.29, 1.82) is 0 Å². The van der Waals surface area contributed by atoms with Crippen molar-refractivity contribution in [1.82, 2.24) is 0 Å². The molecule has 13 aromatic rings. The Balaban J connectivity index is 0.000000183. The van der Waals surface area contributed by atoms with Gasteiger partial charge >= 0.3 is 18.1 Å². The quantitative estimate of drug-likeness (QED) is 0.00785. The highest BCUT2D eigenvalue weighted by Gasteiger charge is 2.38. The molecule has 1 atom stereocenters. The Bertz CT molecular complexity index is 5480. The van der Waals surface area contributed by atoms with Crippen LogP contribution in [0.15, 0.2) is 441 Å². The van der Waals surface area contributed by atoms with Crippen molar-refractivity contribution in [2.24, 2.45) is 10.6 Å². The number of anilines is 2. The molecule has 13 rings (SSSR count). The van der Waals surface area contributed by atoms with Gasteiger partial charge in [0.1, 0.15) is 59.9 Å². The van der Waals surface area contributed by atoms with E-state index in [2.05, 4.69) is 313 Å². The zero-order chi connectivity index (χ0) is 89.3. The third-order valence-corrected chi connectivity index (χ3v) is 26.3. The molecule has 0 aromatic heterocycles. The van der Waals surface area contributed by atoms with Crippen molar-refractivity contribution < 1.29 is 84.7 Å². The number of hydrogen-bond acceptors (Lipinski definition) is 18. The lowest BCUT2D eigenvalue weighted by Crippen LogP contribution is -2.27. The Morgan fingerprint density at radius 3 is 0.943 bits per heavy atom. The van der Waals surface area contributed by atoms with Crippen LogP contribution in [0.2, 0.25) is 0 Å². The minimum atomic E-state index is -5.53. The molecule has 0 amide bonds. The summed E-state index contributed by atoms with van der Waals surface area (Å²) in [6, 6.07) is 111. The fourth-order valence-electron chi connectivity index (χ4n) is 10.7. The van der Waals surface area contributed by atoms with E-state index in [1.54, 1.807) is 16.9 Å². The molecule has 0 saturated carbocycles. The van der Waals surface area contributed by atoms with Gasteiger partial charge in [0.05, 0.1) is 58.6 Å². The van der Waals surface area contributed by atoms with E-state index >= 15 is 0 Å². The predicted molar refractivity (Wildman–Crippen MR) is 463 cm³/mol. The Morgan fingerprint density at radius 1 is 0.423 bits per heavy atom. The van der Waals surface area contributed by atoms with Crippen LogP contribution in [0.25, 0.3) is 6.08 Å². The van der Waals surface area contributed by atoms with Crippen LogP contribution in [0.4, 0.5) is 33.3 Å². The van der Waals surface area contributed by atoms with E-state index in [0.29, 0.717) is 24.5 Å². The highest BCUT2D eigenvalue weighted by molar-refractivity contribution is 7.97. The summed E-state index contributed by atoms with van der Waals surface area (Å²) in [5.41, 5.74) is 1.86. The number of nitrogens with zero attached hydrogens (tertiary/aromatic N) is 2. The minimum Gasteiger partial charge on any atom is -0.745 e. The van der Waals surface area contributed by atoms with E-state index in [4.69, 9.17) is 4.74 Å². The number of nitrogens with one attached hydrogen (secondary N) is 2. The lowest BCUT2D eigenvalue weighted by atomic mass is 10.1. The first kappa shape index (κ1) is 95.5. The third kappa shape index (κ3) is 28.6. The van der Waals surface area contributed by atoms with Crippen molar-refractivity contribution in [2.75, 3.05) is 10.9 Å². The fourth-order valence-corrected chi connectivity index (χ4v) is 18.7. The lowest BCUT2D eigenvalue weighted by molar-refractivity contribution is -0.140. The summed E-state index contributed by atoms with van der Waals surface area (Å²) in [5, 5.41) is 1.41. The molecular formula is C92H77F5N4O16S6. The molecule has 123 heavy (non-hydrogen) atoms. The maximum atomic E-state index is 14.0. The third-order valence-electron chi connectivity index (χ3n) is 16.7. The molecule has 0 aliphatic rings. The first-order valence-corrected chi connectivity index (χ1v) is 44.2. The first-order valence-electron chi connectivity index (χ1n) is 36.3. The van der Waals surface area contributed by atoms with Gasteiger partial charge < -0.3 is 27.9 Å². The summed E-state index contributed by atoms with van der Waals surface area (Å²) in [7, 11) is -15.8. The van der Waals surface area contributed by atoms with Gasteiger partial charge in [-0.15, -0.1) is 9.81 Å². The van der Waals surface area contributed by atoms with E-state index in [1.165, 1.54) is 82.2 Å². The van der Waals surface area contributed by atoms with Gasteiger partial charge in [-0.3, -0.25) is 0 Å². The maximum absolute atomic E-state index is 14.0. The van der Waals surface area contributed by atoms with E-state index in [-0.39, 0.29) is 61.5 Å². The van der Waals surface area contributed by atoms with Crippen LogP contribution in [-0.4, -0.2) is 50.9 Å². The summed E-state index contributed by atoms with van der Waals surface area (Å²) in [4.78, 5) is 52.5. The lowest BCUT2D eigenvalue weighted by Gasteiger charge is -2.24. The summed E-state index contributed by atoms with van der Waals surface area (Å²) in [6.07, 6.45) is -3.49. The van der Waals surface area contributed by atoms with Gasteiger partial charge in [0.2, 0.25) is 5.00 Å². The second-order valence-corrected chi connectivity index (χ2v) is 36.1. The number of halogens is 5. The smallest absolute Gasteiger partial charge is 0.417 e. The minimum absolute atomic E-state index is 0.0146. The molecule has 0 aliphatic carbocycles. The van der Waals surface area contributed by atoms with Crippen LogP contribution >= 0.6 is 0 Å². The first-order chi connectivity index (χ1) is 58.6. The number of esters is 2. The van der Waals surface area contributed by atoms with Crippen LogP contribution in [0.5, 0.6) is 17.2 Å². The van der Waals surface area contributed by atoms with Gasteiger partial charge in [-0.25, -0.2) is 54.5 Å². The molecule has 31 heteroatoms. The molecule has 632 valence electrons. The van der Waals surface area contributed by atoms with Crippen LogP contribution in [0.3, 0.4) is 0 Å². The van der Waals surface area contributed by atoms with E-state index in [9.17, 15) is 80.3 Å². The molecular weight excluding hydrogens is 1700 g/mol. The van der Waals surface area contributed by atoms with Crippen molar-refractivity contribution in [3.05, 3.63) is 415 Å². The molecule has 0 aliphatic heterocycles. The molecule has 2 N–H and O–H groups in total. The number of rotatable bonds is 25.